The Labute approximate surface area is 165 Å². The van der Waals surface area contributed by atoms with E-state index in [1.54, 1.807) is 6.07 Å². The summed E-state index contributed by atoms with van der Waals surface area (Å²) in [5, 5.41) is 0. The maximum absolute atomic E-state index is 13.6. The number of anilines is 3. The fourth-order valence-corrected chi connectivity index (χ4v) is 3.60. The minimum atomic E-state index is -4.67. The first-order valence-electron chi connectivity index (χ1n) is 9.45. The zero-order valence-electron chi connectivity index (χ0n) is 15.9. The number of nitrogen functional groups attached to an aromatic ring is 1. The first kappa shape index (κ1) is 19.4. The summed E-state index contributed by atoms with van der Waals surface area (Å²) < 4.78 is 40.7. The summed E-state index contributed by atoms with van der Waals surface area (Å²) in [6.45, 7) is 4.55. The van der Waals surface area contributed by atoms with Gasteiger partial charge < -0.3 is 15.5 Å². The Morgan fingerprint density at radius 1 is 1.07 bits per heavy atom. The standard InChI is InChI=1S/C19H21F3N6O/c1-11-9-28(10-11)16-8-14(13-2-3-15(23)25-17(13)19(20,21)22)24-18(26-16)27-6-4-12(29)5-7-27/h2-3,8,11H,4-7,9-10H2,1H3,(H2,23,25). The number of pyridine rings is 1. The predicted molar refractivity (Wildman–Crippen MR) is 103 cm³/mol. The van der Waals surface area contributed by atoms with E-state index in [4.69, 9.17) is 5.73 Å². The number of halogens is 3. The molecule has 4 heterocycles. The molecule has 0 radical (unpaired) electrons. The third-order valence-corrected chi connectivity index (χ3v) is 5.15. The van der Waals surface area contributed by atoms with Crippen LogP contribution in [0.4, 0.5) is 30.8 Å². The Morgan fingerprint density at radius 2 is 1.76 bits per heavy atom. The van der Waals surface area contributed by atoms with E-state index >= 15 is 0 Å². The number of rotatable bonds is 3. The normalized spacial score (nSPS) is 18.1. The monoisotopic (exact) mass is 406 g/mol. The molecular formula is C19H21F3N6O. The van der Waals surface area contributed by atoms with Crippen LogP contribution in [0.3, 0.4) is 0 Å². The molecule has 2 N–H and O–H groups in total. The van der Waals surface area contributed by atoms with Crippen LogP contribution in [0.1, 0.15) is 25.5 Å². The Balaban J connectivity index is 1.80. The van der Waals surface area contributed by atoms with E-state index in [0.29, 0.717) is 43.6 Å². The molecule has 0 amide bonds. The Bertz CT molecular complexity index is 932. The molecule has 0 aliphatic carbocycles. The van der Waals surface area contributed by atoms with E-state index in [0.717, 1.165) is 13.1 Å². The number of alkyl halides is 3. The highest BCUT2D eigenvalue weighted by atomic mass is 19.4. The number of carbonyl (C=O) groups is 1. The van der Waals surface area contributed by atoms with Crippen molar-refractivity contribution in [1.29, 1.82) is 0 Å². The average molecular weight is 406 g/mol. The van der Waals surface area contributed by atoms with Crippen LogP contribution in [-0.2, 0) is 11.0 Å². The van der Waals surface area contributed by atoms with Crippen LogP contribution in [0.2, 0.25) is 0 Å². The molecule has 0 unspecified atom stereocenters. The van der Waals surface area contributed by atoms with Crippen molar-refractivity contribution in [3.05, 3.63) is 23.9 Å². The van der Waals surface area contributed by atoms with Gasteiger partial charge in [-0.2, -0.15) is 18.2 Å². The molecule has 2 aliphatic heterocycles. The highest BCUT2D eigenvalue weighted by Crippen LogP contribution is 2.37. The summed E-state index contributed by atoms with van der Waals surface area (Å²) in [7, 11) is 0. The number of nitrogens with two attached hydrogens (primary N) is 1. The number of ketones is 1. The number of piperidine rings is 1. The van der Waals surface area contributed by atoms with Gasteiger partial charge in [0.1, 0.15) is 17.4 Å². The maximum atomic E-state index is 13.6. The summed E-state index contributed by atoms with van der Waals surface area (Å²) in [6, 6.07) is 4.18. The largest absolute Gasteiger partial charge is 0.434 e. The van der Waals surface area contributed by atoms with Crippen molar-refractivity contribution in [2.75, 3.05) is 41.7 Å². The second-order valence-corrected chi connectivity index (χ2v) is 7.58. The zero-order valence-corrected chi connectivity index (χ0v) is 15.9. The van der Waals surface area contributed by atoms with Crippen LogP contribution < -0.4 is 15.5 Å². The van der Waals surface area contributed by atoms with Gasteiger partial charge in [-0.3, -0.25) is 4.79 Å². The van der Waals surface area contributed by atoms with Crippen molar-refractivity contribution in [1.82, 2.24) is 15.0 Å². The van der Waals surface area contributed by atoms with E-state index in [1.807, 2.05) is 9.80 Å². The maximum Gasteiger partial charge on any atom is 0.434 e. The van der Waals surface area contributed by atoms with Crippen molar-refractivity contribution in [3.8, 4) is 11.3 Å². The lowest BCUT2D eigenvalue weighted by Crippen LogP contribution is -2.46. The molecular weight excluding hydrogens is 385 g/mol. The lowest BCUT2D eigenvalue weighted by atomic mass is 10.0. The van der Waals surface area contributed by atoms with Crippen LogP contribution >= 0.6 is 0 Å². The Morgan fingerprint density at radius 3 is 2.38 bits per heavy atom. The van der Waals surface area contributed by atoms with Gasteiger partial charge in [0.2, 0.25) is 5.95 Å². The highest BCUT2D eigenvalue weighted by Gasteiger charge is 2.37. The fourth-order valence-electron chi connectivity index (χ4n) is 3.60. The van der Waals surface area contributed by atoms with Gasteiger partial charge >= 0.3 is 6.18 Å². The summed E-state index contributed by atoms with van der Waals surface area (Å²) in [5.41, 5.74) is 4.42. The van der Waals surface area contributed by atoms with Crippen molar-refractivity contribution in [2.45, 2.75) is 25.9 Å². The summed E-state index contributed by atoms with van der Waals surface area (Å²) in [6.07, 6.45) is -3.92. The number of nitrogens with zero attached hydrogens (tertiary/aromatic N) is 5. The highest BCUT2D eigenvalue weighted by molar-refractivity contribution is 5.81. The SMILES string of the molecule is CC1CN(c2cc(-c3ccc(N)nc3C(F)(F)F)nc(N3CCC(=O)CC3)n2)C1. The van der Waals surface area contributed by atoms with Crippen molar-refractivity contribution in [3.63, 3.8) is 0 Å². The molecule has 2 aromatic rings. The second kappa shape index (κ2) is 7.16. The van der Waals surface area contributed by atoms with Gasteiger partial charge in [0.05, 0.1) is 5.69 Å². The van der Waals surface area contributed by atoms with Gasteiger partial charge in [-0.1, -0.05) is 6.92 Å². The molecule has 154 valence electrons. The van der Waals surface area contributed by atoms with Crippen LogP contribution in [-0.4, -0.2) is 46.9 Å². The minimum absolute atomic E-state index is 0.140. The van der Waals surface area contributed by atoms with Crippen molar-refractivity contribution in [2.24, 2.45) is 5.92 Å². The van der Waals surface area contributed by atoms with Gasteiger partial charge in [-0.15, -0.1) is 0 Å². The molecule has 0 aromatic carbocycles. The summed E-state index contributed by atoms with van der Waals surface area (Å²) in [4.78, 5) is 27.9. The van der Waals surface area contributed by atoms with Crippen LogP contribution in [0.15, 0.2) is 18.2 Å². The molecule has 0 atom stereocenters. The number of hydrogen-bond donors (Lipinski definition) is 1. The second-order valence-electron chi connectivity index (χ2n) is 7.58. The van der Waals surface area contributed by atoms with E-state index in [9.17, 15) is 18.0 Å². The van der Waals surface area contributed by atoms with Gasteiger partial charge in [-0.05, 0) is 18.1 Å². The van der Waals surface area contributed by atoms with Gasteiger partial charge in [0.25, 0.3) is 0 Å². The fraction of sp³-hybridized carbons (Fsp3) is 0.474. The molecule has 0 bridgehead atoms. The number of carbonyl (C=O) groups excluding carboxylic acids is 1. The average Bonchev–Trinajstić information content (AvgIpc) is 2.65. The van der Waals surface area contributed by atoms with Crippen LogP contribution in [0.5, 0.6) is 0 Å². The molecule has 0 saturated carbocycles. The molecule has 2 fully saturated rings. The summed E-state index contributed by atoms with van der Waals surface area (Å²) >= 11 is 0. The van der Waals surface area contributed by atoms with E-state index in [2.05, 4.69) is 21.9 Å². The van der Waals surface area contributed by atoms with E-state index in [-0.39, 0.29) is 22.9 Å². The number of Topliss-reactive ketones (excluding diaryl/α,β-unsaturated/α-hetero) is 1. The third kappa shape index (κ3) is 3.96. The molecule has 2 aliphatic rings. The molecule has 2 aromatic heterocycles. The third-order valence-electron chi connectivity index (χ3n) is 5.15. The quantitative estimate of drug-likeness (QED) is 0.839. The molecule has 29 heavy (non-hydrogen) atoms. The van der Waals surface area contributed by atoms with Crippen molar-refractivity contribution >= 4 is 23.4 Å². The molecule has 7 nitrogen and oxygen atoms in total. The minimum Gasteiger partial charge on any atom is -0.384 e. The molecule has 0 spiro atoms. The smallest absolute Gasteiger partial charge is 0.384 e. The van der Waals surface area contributed by atoms with Gasteiger partial charge in [0, 0.05) is 50.7 Å². The van der Waals surface area contributed by atoms with Crippen LogP contribution in [0.25, 0.3) is 11.3 Å². The first-order chi connectivity index (χ1) is 13.7. The van der Waals surface area contributed by atoms with Crippen molar-refractivity contribution < 1.29 is 18.0 Å². The van der Waals surface area contributed by atoms with E-state index in [1.165, 1.54) is 12.1 Å². The Hall–Kier alpha value is -2.91. The van der Waals surface area contributed by atoms with Crippen LogP contribution in [0, 0.1) is 5.92 Å². The van der Waals surface area contributed by atoms with Gasteiger partial charge in [-0.25, -0.2) is 9.97 Å². The summed E-state index contributed by atoms with van der Waals surface area (Å²) in [5.74, 6) is 1.35. The molecule has 10 heteroatoms. The molecule has 2 saturated heterocycles. The molecule has 4 rings (SSSR count). The van der Waals surface area contributed by atoms with Gasteiger partial charge in [0.15, 0.2) is 5.69 Å². The first-order valence-corrected chi connectivity index (χ1v) is 9.45. The Kier molecular flexibility index (Phi) is 4.79. The number of hydrogen-bond acceptors (Lipinski definition) is 7. The van der Waals surface area contributed by atoms with E-state index < -0.39 is 11.9 Å². The zero-order chi connectivity index (χ0) is 20.8. The predicted octanol–water partition coefficient (Wildman–Crippen LogP) is 2.77. The number of aromatic nitrogens is 3. The lowest BCUT2D eigenvalue weighted by Gasteiger charge is -2.39. The topological polar surface area (TPSA) is 88.2 Å². The lowest BCUT2D eigenvalue weighted by molar-refractivity contribution is -0.140.